The summed E-state index contributed by atoms with van der Waals surface area (Å²) in [6.45, 7) is 12.8. The summed E-state index contributed by atoms with van der Waals surface area (Å²) in [5.74, 6) is 1.33. The Kier molecular flexibility index (Phi) is 43.0. The largest absolute Gasteiger partial charge is 0.465 e. The lowest BCUT2D eigenvalue weighted by atomic mass is 9.94. The molecule has 0 aliphatic heterocycles. The molecule has 0 aromatic carbocycles. The molecule has 9 heteroatoms. The molecule has 2 N–H and O–H groups in total. The van der Waals surface area contributed by atoms with Crippen LogP contribution in [0.3, 0.4) is 0 Å². The molecule has 0 rings (SSSR count). The van der Waals surface area contributed by atoms with Crippen molar-refractivity contribution in [2.75, 3.05) is 64.2 Å². The monoisotopic (exact) mass is 816 g/mol. The zero-order valence-corrected chi connectivity index (χ0v) is 38.2. The van der Waals surface area contributed by atoms with Crippen LogP contribution in [0, 0.1) is 11.8 Å². The maximum atomic E-state index is 13.0. The van der Waals surface area contributed by atoms with Crippen LogP contribution in [-0.4, -0.2) is 97.3 Å². The smallest absolute Gasteiger partial charge is 0.308 e. The minimum atomic E-state index is -0.488. The third-order valence-corrected chi connectivity index (χ3v) is 12.0. The van der Waals surface area contributed by atoms with Crippen molar-refractivity contribution in [3.05, 3.63) is 0 Å². The first-order chi connectivity index (χ1) is 27.4. The second-order valence-electron chi connectivity index (χ2n) is 16.3. The van der Waals surface area contributed by atoms with Gasteiger partial charge in [0.2, 0.25) is 0 Å². The number of ether oxygens (including phenoxy) is 3. The zero-order chi connectivity index (χ0) is 41.2. The van der Waals surface area contributed by atoms with Crippen LogP contribution in [0.15, 0.2) is 0 Å². The van der Waals surface area contributed by atoms with E-state index < -0.39 is 6.10 Å². The van der Waals surface area contributed by atoms with Crippen molar-refractivity contribution in [2.45, 2.75) is 214 Å². The van der Waals surface area contributed by atoms with Gasteiger partial charge < -0.3 is 24.4 Å². The highest BCUT2D eigenvalue weighted by Crippen LogP contribution is 2.22. The Morgan fingerprint density at radius 1 is 0.518 bits per heavy atom. The molecule has 3 unspecified atom stereocenters. The third kappa shape index (κ3) is 36.2. The predicted octanol–water partition coefficient (Wildman–Crippen LogP) is 11.7. The van der Waals surface area contributed by atoms with Crippen LogP contribution >= 0.6 is 11.8 Å². The van der Waals surface area contributed by atoms with E-state index in [0.717, 1.165) is 83.6 Å². The number of carbonyl (C=O) groups is 2. The van der Waals surface area contributed by atoms with Crippen molar-refractivity contribution >= 4 is 23.7 Å². The van der Waals surface area contributed by atoms with Gasteiger partial charge in [-0.25, -0.2) is 0 Å². The molecule has 0 fully saturated rings. The number of rotatable bonds is 45. The van der Waals surface area contributed by atoms with Crippen LogP contribution in [0.5, 0.6) is 0 Å². The SMILES string of the molecule is CCCCCCCCC(CCCCCC)C(=O)OCCCCCCN(CCOCCO)CC(O)CSCCOC(=O)C(CCCCCC)CCCCCCCC. The summed E-state index contributed by atoms with van der Waals surface area (Å²) in [5.41, 5.74) is 0. The summed E-state index contributed by atoms with van der Waals surface area (Å²) in [6.07, 6.45) is 31.6. The Morgan fingerprint density at radius 2 is 0.946 bits per heavy atom. The number of hydrogen-bond donors (Lipinski definition) is 2. The number of carbonyl (C=O) groups excluding carboxylic acids is 2. The van der Waals surface area contributed by atoms with E-state index in [1.807, 2.05) is 0 Å². The molecular weight excluding hydrogens is 723 g/mol. The molecule has 8 nitrogen and oxygen atoms in total. The summed E-state index contributed by atoms with van der Waals surface area (Å²) in [5, 5.41) is 20.0. The van der Waals surface area contributed by atoms with E-state index in [1.54, 1.807) is 11.8 Å². The van der Waals surface area contributed by atoms with Crippen molar-refractivity contribution in [2.24, 2.45) is 11.8 Å². The summed E-state index contributed by atoms with van der Waals surface area (Å²) in [7, 11) is 0. The molecule has 0 heterocycles. The normalized spacial score (nSPS) is 13.3. The van der Waals surface area contributed by atoms with E-state index in [4.69, 9.17) is 19.3 Å². The highest BCUT2D eigenvalue weighted by molar-refractivity contribution is 7.99. The van der Waals surface area contributed by atoms with Crippen molar-refractivity contribution in [3.63, 3.8) is 0 Å². The van der Waals surface area contributed by atoms with Crippen LogP contribution < -0.4 is 0 Å². The van der Waals surface area contributed by atoms with Gasteiger partial charge in [-0.3, -0.25) is 14.5 Å². The molecule has 56 heavy (non-hydrogen) atoms. The number of aliphatic hydroxyl groups excluding tert-OH is 2. The minimum Gasteiger partial charge on any atom is -0.465 e. The van der Waals surface area contributed by atoms with Crippen LogP contribution in [0.25, 0.3) is 0 Å². The van der Waals surface area contributed by atoms with E-state index in [0.29, 0.717) is 51.0 Å². The average molecular weight is 816 g/mol. The quantitative estimate of drug-likeness (QED) is 0.0459. The molecule has 0 bridgehead atoms. The van der Waals surface area contributed by atoms with Gasteiger partial charge in [0.1, 0.15) is 6.61 Å². The first-order valence-electron chi connectivity index (χ1n) is 23.9. The lowest BCUT2D eigenvalue weighted by molar-refractivity contribution is -0.149. The van der Waals surface area contributed by atoms with E-state index in [1.165, 1.54) is 103 Å². The fourth-order valence-corrected chi connectivity index (χ4v) is 8.11. The first kappa shape index (κ1) is 55.1. The van der Waals surface area contributed by atoms with Crippen LogP contribution in [0.2, 0.25) is 0 Å². The van der Waals surface area contributed by atoms with E-state index in [-0.39, 0.29) is 30.4 Å². The number of nitrogens with zero attached hydrogens (tertiary/aromatic N) is 1. The average Bonchev–Trinajstić information content (AvgIpc) is 3.19. The molecule has 0 amide bonds. The van der Waals surface area contributed by atoms with Gasteiger partial charge in [-0.1, -0.05) is 169 Å². The van der Waals surface area contributed by atoms with Crippen LogP contribution in [0.4, 0.5) is 0 Å². The summed E-state index contributed by atoms with van der Waals surface area (Å²) in [6, 6.07) is 0. The highest BCUT2D eigenvalue weighted by Gasteiger charge is 2.21. The Hall–Kier alpha value is -0.870. The molecule has 334 valence electrons. The first-order valence-corrected chi connectivity index (χ1v) is 25.1. The second kappa shape index (κ2) is 43.7. The third-order valence-electron chi connectivity index (χ3n) is 10.9. The second-order valence-corrected chi connectivity index (χ2v) is 17.5. The van der Waals surface area contributed by atoms with Gasteiger partial charge in [0.25, 0.3) is 0 Å². The van der Waals surface area contributed by atoms with Gasteiger partial charge in [0.15, 0.2) is 0 Å². The topological polar surface area (TPSA) is 106 Å². The van der Waals surface area contributed by atoms with Gasteiger partial charge in [0, 0.05) is 24.6 Å². The van der Waals surface area contributed by atoms with Crippen molar-refractivity contribution < 1.29 is 34.0 Å². The molecule has 0 spiro atoms. The minimum absolute atomic E-state index is 0.00567. The number of aliphatic hydroxyl groups is 2. The van der Waals surface area contributed by atoms with Gasteiger partial charge >= 0.3 is 11.9 Å². The van der Waals surface area contributed by atoms with E-state index in [2.05, 4.69) is 32.6 Å². The predicted molar refractivity (Wildman–Crippen MR) is 239 cm³/mol. The molecular formula is C47H93NO7S. The summed E-state index contributed by atoms with van der Waals surface area (Å²) in [4.78, 5) is 28.2. The molecule has 0 saturated heterocycles. The molecule has 0 aromatic heterocycles. The van der Waals surface area contributed by atoms with Gasteiger partial charge in [-0.15, -0.1) is 0 Å². The summed E-state index contributed by atoms with van der Waals surface area (Å²) >= 11 is 1.64. The molecule has 0 saturated carbocycles. The number of thioether (sulfide) groups is 1. The highest BCUT2D eigenvalue weighted by atomic mass is 32.2. The Morgan fingerprint density at radius 3 is 1.45 bits per heavy atom. The van der Waals surface area contributed by atoms with Gasteiger partial charge in [-0.05, 0) is 45.1 Å². The maximum Gasteiger partial charge on any atom is 0.308 e. The molecule has 0 aliphatic rings. The molecule has 0 aliphatic carbocycles. The maximum absolute atomic E-state index is 13.0. The van der Waals surface area contributed by atoms with Crippen LogP contribution in [-0.2, 0) is 23.8 Å². The molecule has 3 atom stereocenters. The van der Waals surface area contributed by atoms with Gasteiger partial charge in [0.05, 0.1) is 44.4 Å². The lowest BCUT2D eigenvalue weighted by Crippen LogP contribution is -2.37. The fraction of sp³-hybridized carbons (Fsp3) is 0.957. The van der Waals surface area contributed by atoms with Crippen LogP contribution in [0.1, 0.15) is 207 Å². The van der Waals surface area contributed by atoms with E-state index in [9.17, 15) is 14.7 Å². The zero-order valence-electron chi connectivity index (χ0n) is 37.4. The lowest BCUT2D eigenvalue weighted by Gasteiger charge is -2.25. The standard InChI is InChI=1S/C47H93NO7S/c1-5-9-13-17-19-25-31-43(29-23-15-11-7-3)46(51)54-36-28-22-21-27-33-48(34-37-53-38-35-49)41-45(50)42-56-40-39-55-47(52)44(30-24-16-12-8-4)32-26-20-18-14-10-6-2/h43-45,49-50H,5-42H2,1-4H3. The summed E-state index contributed by atoms with van der Waals surface area (Å²) < 4.78 is 17.1. The van der Waals surface area contributed by atoms with Crippen molar-refractivity contribution in [1.82, 2.24) is 4.90 Å². The number of unbranched alkanes of at least 4 members (excludes halogenated alkanes) is 19. The Labute approximate surface area is 351 Å². The molecule has 0 radical (unpaired) electrons. The van der Waals surface area contributed by atoms with Gasteiger partial charge in [-0.2, -0.15) is 11.8 Å². The Bertz CT molecular complexity index is 834. The number of esters is 2. The molecule has 0 aromatic rings. The fourth-order valence-electron chi connectivity index (χ4n) is 7.36. The van der Waals surface area contributed by atoms with E-state index >= 15 is 0 Å². The number of hydrogen-bond acceptors (Lipinski definition) is 9. The van der Waals surface area contributed by atoms with Crippen molar-refractivity contribution in [3.8, 4) is 0 Å². The van der Waals surface area contributed by atoms with Crippen molar-refractivity contribution in [1.29, 1.82) is 0 Å². The Balaban J connectivity index is 4.55.